The van der Waals surface area contributed by atoms with Crippen LogP contribution in [0.15, 0.2) is 0 Å². The van der Waals surface area contributed by atoms with Gasteiger partial charge in [-0.3, -0.25) is 14.5 Å². The van der Waals surface area contributed by atoms with Gasteiger partial charge in [-0.1, -0.05) is 117 Å². The average Bonchev–Trinajstić information content (AvgIpc) is 2.98. The van der Waals surface area contributed by atoms with Crippen molar-refractivity contribution in [3.8, 4) is 0 Å². The second-order valence-corrected chi connectivity index (χ2v) is 14.0. The number of nitrogens with zero attached hydrogens (tertiary/aromatic N) is 1. The van der Waals surface area contributed by atoms with E-state index in [0.717, 1.165) is 50.8 Å². The Bertz CT molecular complexity index is 655. The molecule has 254 valence electrons. The predicted octanol–water partition coefficient (Wildman–Crippen LogP) is 6.98. The van der Waals surface area contributed by atoms with Crippen LogP contribution in [0.3, 0.4) is 0 Å². The second kappa shape index (κ2) is 27.5. The first-order chi connectivity index (χ1) is 20.9. The van der Waals surface area contributed by atoms with Crippen LogP contribution < -0.4 is 10.6 Å². The second-order valence-electron chi connectivity index (χ2n) is 13.0. The smallest absolute Gasteiger partial charge is 0.243 e. The van der Waals surface area contributed by atoms with E-state index in [4.69, 9.17) is 0 Å². The van der Waals surface area contributed by atoms with E-state index in [9.17, 15) is 19.8 Å². The maximum atomic E-state index is 12.5. The summed E-state index contributed by atoms with van der Waals surface area (Å²) in [6.45, 7) is 6.45. The third-order valence-electron chi connectivity index (χ3n) is 8.81. The Kier molecular flexibility index (Phi) is 25.7. The zero-order valence-electron chi connectivity index (χ0n) is 28.3. The van der Waals surface area contributed by atoms with Crippen LogP contribution in [0.1, 0.15) is 155 Å². The maximum absolute atomic E-state index is 12.5. The van der Waals surface area contributed by atoms with Crippen LogP contribution in [-0.4, -0.2) is 82.9 Å². The number of rotatable bonds is 30. The highest BCUT2D eigenvalue weighted by Gasteiger charge is 2.32. The number of thioether (sulfide) groups is 1. The molecule has 43 heavy (non-hydrogen) atoms. The Balaban J connectivity index is 2.42. The fraction of sp³-hybridized carbons (Fsp3) is 0.943. The van der Waals surface area contributed by atoms with Gasteiger partial charge in [0, 0.05) is 13.1 Å². The molecule has 0 bridgehead atoms. The zero-order chi connectivity index (χ0) is 31.5. The lowest BCUT2D eigenvalue weighted by Gasteiger charge is -2.30. The summed E-state index contributed by atoms with van der Waals surface area (Å²) >= 11 is 1.67. The van der Waals surface area contributed by atoms with Crippen LogP contribution in [0.4, 0.5) is 0 Å². The summed E-state index contributed by atoms with van der Waals surface area (Å²) in [4.78, 5) is 27.2. The summed E-state index contributed by atoms with van der Waals surface area (Å²) in [5.74, 6) is 0.687. The normalized spacial score (nSPS) is 18.6. The van der Waals surface area contributed by atoms with Gasteiger partial charge in [0.25, 0.3) is 0 Å². The first-order valence-corrected chi connectivity index (χ1v) is 19.5. The van der Waals surface area contributed by atoms with E-state index in [0.29, 0.717) is 25.9 Å². The molecule has 1 aliphatic heterocycles. The number of amides is 2. The molecule has 1 saturated heterocycles. The minimum atomic E-state index is -0.466. The number of unbranched alkanes of at least 4 members (excludes halogenated alkanes) is 15. The van der Waals surface area contributed by atoms with Crippen molar-refractivity contribution in [1.29, 1.82) is 0 Å². The molecule has 0 spiro atoms. The molecule has 0 saturated carbocycles. The standard InChI is InChI=1S/C35H69N3O4S/c1-4-6-8-10-12-14-16-18-22-30(39)28-38(29-31(40)23-19-17-15-13-11-9-7-5-2)26-21-20-24-32-34(41)37-33(25-27-43-3)35(42)36-32/h30-33,39-40H,4-29H2,1-3H3,(H,36,42)(H,37,41). The minimum absolute atomic E-state index is 0.0755. The van der Waals surface area contributed by atoms with E-state index >= 15 is 0 Å². The summed E-state index contributed by atoms with van der Waals surface area (Å²) in [6, 6.07) is -0.886. The van der Waals surface area contributed by atoms with Gasteiger partial charge in [0.2, 0.25) is 11.8 Å². The quantitative estimate of drug-likeness (QED) is 0.0641. The molecule has 7 nitrogen and oxygen atoms in total. The molecule has 0 aromatic carbocycles. The van der Waals surface area contributed by atoms with Crippen molar-refractivity contribution in [2.24, 2.45) is 0 Å². The van der Waals surface area contributed by atoms with Crippen LogP contribution in [0.2, 0.25) is 0 Å². The molecule has 0 aromatic heterocycles. The molecule has 4 unspecified atom stereocenters. The summed E-state index contributed by atoms with van der Waals surface area (Å²) in [5, 5.41) is 27.5. The Labute approximate surface area is 269 Å². The van der Waals surface area contributed by atoms with Crippen molar-refractivity contribution in [3.63, 3.8) is 0 Å². The van der Waals surface area contributed by atoms with Gasteiger partial charge in [0.05, 0.1) is 12.2 Å². The Morgan fingerprint density at radius 3 is 1.49 bits per heavy atom. The van der Waals surface area contributed by atoms with Crippen LogP contribution in [0, 0.1) is 0 Å². The van der Waals surface area contributed by atoms with Gasteiger partial charge < -0.3 is 20.8 Å². The first kappa shape index (κ1) is 40.2. The van der Waals surface area contributed by atoms with E-state index in [1.54, 1.807) is 11.8 Å². The van der Waals surface area contributed by atoms with E-state index in [1.165, 1.54) is 89.9 Å². The molecule has 0 aliphatic carbocycles. The molecule has 4 N–H and O–H groups in total. The van der Waals surface area contributed by atoms with Crippen molar-refractivity contribution >= 4 is 23.6 Å². The van der Waals surface area contributed by atoms with Gasteiger partial charge in [-0.05, 0) is 57.1 Å². The third kappa shape index (κ3) is 21.5. The monoisotopic (exact) mass is 628 g/mol. The van der Waals surface area contributed by atoms with Crippen LogP contribution in [0.5, 0.6) is 0 Å². The van der Waals surface area contributed by atoms with Crippen molar-refractivity contribution in [2.75, 3.05) is 31.6 Å². The topological polar surface area (TPSA) is 102 Å². The summed E-state index contributed by atoms with van der Waals surface area (Å²) < 4.78 is 0. The lowest BCUT2D eigenvalue weighted by Crippen LogP contribution is -2.61. The van der Waals surface area contributed by atoms with Crippen LogP contribution in [0.25, 0.3) is 0 Å². The Morgan fingerprint density at radius 2 is 1.05 bits per heavy atom. The number of hydrogen-bond acceptors (Lipinski definition) is 6. The summed E-state index contributed by atoms with van der Waals surface area (Å²) in [7, 11) is 0. The van der Waals surface area contributed by atoms with Gasteiger partial charge in [0.1, 0.15) is 12.1 Å². The van der Waals surface area contributed by atoms with E-state index in [2.05, 4.69) is 29.4 Å². The highest BCUT2D eigenvalue weighted by molar-refractivity contribution is 7.98. The number of aliphatic hydroxyl groups is 2. The lowest BCUT2D eigenvalue weighted by atomic mass is 10.0. The minimum Gasteiger partial charge on any atom is -0.392 e. The maximum Gasteiger partial charge on any atom is 0.243 e. The SMILES string of the molecule is CCCCCCCCCCC(O)CN(CCCCC1NC(=O)C(CCSC)NC1=O)CC(O)CCCCCCCCCC. The Morgan fingerprint density at radius 1 is 0.628 bits per heavy atom. The fourth-order valence-electron chi connectivity index (χ4n) is 6.07. The molecule has 1 fully saturated rings. The molecule has 4 atom stereocenters. The molecule has 2 amide bonds. The predicted molar refractivity (Wildman–Crippen MR) is 184 cm³/mol. The molecular weight excluding hydrogens is 558 g/mol. The Hall–Kier alpha value is -0.830. The molecule has 1 heterocycles. The fourth-order valence-corrected chi connectivity index (χ4v) is 6.54. The molecule has 0 radical (unpaired) electrons. The van der Waals surface area contributed by atoms with E-state index < -0.39 is 12.1 Å². The highest BCUT2D eigenvalue weighted by Crippen LogP contribution is 2.15. The number of carbonyl (C=O) groups is 2. The number of aliphatic hydroxyl groups excluding tert-OH is 2. The molecule has 1 rings (SSSR count). The summed E-state index contributed by atoms with van der Waals surface area (Å²) in [5.41, 5.74) is 0. The van der Waals surface area contributed by atoms with E-state index in [-0.39, 0.29) is 24.0 Å². The van der Waals surface area contributed by atoms with Crippen LogP contribution >= 0.6 is 11.8 Å². The highest BCUT2D eigenvalue weighted by atomic mass is 32.2. The molecule has 0 aromatic rings. The van der Waals surface area contributed by atoms with Gasteiger partial charge >= 0.3 is 0 Å². The van der Waals surface area contributed by atoms with Crippen molar-refractivity contribution < 1.29 is 19.8 Å². The number of piperazine rings is 1. The molecular formula is C35H69N3O4S. The lowest BCUT2D eigenvalue weighted by molar-refractivity contribution is -0.137. The number of carbonyl (C=O) groups excluding carboxylic acids is 2. The summed E-state index contributed by atoms with van der Waals surface area (Å²) in [6.07, 6.45) is 25.9. The van der Waals surface area contributed by atoms with Crippen LogP contribution in [-0.2, 0) is 9.59 Å². The van der Waals surface area contributed by atoms with Gasteiger partial charge in [-0.25, -0.2) is 0 Å². The van der Waals surface area contributed by atoms with Gasteiger partial charge in [-0.15, -0.1) is 0 Å². The van der Waals surface area contributed by atoms with E-state index in [1.807, 2.05) is 6.26 Å². The largest absolute Gasteiger partial charge is 0.392 e. The first-order valence-electron chi connectivity index (χ1n) is 18.1. The zero-order valence-corrected chi connectivity index (χ0v) is 29.1. The average molecular weight is 628 g/mol. The third-order valence-corrected chi connectivity index (χ3v) is 9.46. The number of nitrogens with one attached hydrogen (secondary N) is 2. The van der Waals surface area contributed by atoms with Crippen molar-refractivity contribution in [2.45, 2.75) is 179 Å². The number of hydrogen-bond donors (Lipinski definition) is 4. The van der Waals surface area contributed by atoms with Crippen molar-refractivity contribution in [3.05, 3.63) is 0 Å². The van der Waals surface area contributed by atoms with Crippen molar-refractivity contribution in [1.82, 2.24) is 15.5 Å². The van der Waals surface area contributed by atoms with Gasteiger partial charge in [0.15, 0.2) is 0 Å². The van der Waals surface area contributed by atoms with Gasteiger partial charge in [-0.2, -0.15) is 11.8 Å². The molecule has 8 heteroatoms. The molecule has 1 aliphatic rings.